The van der Waals surface area contributed by atoms with Crippen molar-refractivity contribution in [2.45, 2.75) is 25.3 Å². The van der Waals surface area contributed by atoms with Crippen molar-refractivity contribution < 1.29 is 19.6 Å². The number of carbonyl (C=O) groups is 1. The minimum absolute atomic E-state index is 0.0229. The number of amides is 1. The minimum atomic E-state index is -0.488. The highest BCUT2D eigenvalue weighted by Gasteiger charge is 2.30. The summed E-state index contributed by atoms with van der Waals surface area (Å²) in [4.78, 5) is 22.4. The van der Waals surface area contributed by atoms with E-state index in [9.17, 15) is 14.9 Å². The van der Waals surface area contributed by atoms with E-state index in [1.807, 2.05) is 0 Å². The molecule has 1 aliphatic carbocycles. The normalized spacial score (nSPS) is 14.1. The first-order valence-corrected chi connectivity index (χ1v) is 6.96. The Morgan fingerprint density at radius 1 is 1.52 bits per heavy atom. The maximum absolute atomic E-state index is 12.1. The van der Waals surface area contributed by atoms with E-state index in [1.54, 1.807) is 4.57 Å². The molecule has 0 radical (unpaired) electrons. The van der Waals surface area contributed by atoms with Crippen LogP contribution in [0.15, 0.2) is 12.3 Å². The number of carbonyl (C=O) groups excluding carboxylic acids is 1. The lowest BCUT2D eigenvalue weighted by atomic mass is 10.3. The van der Waals surface area contributed by atoms with Gasteiger partial charge in [0.1, 0.15) is 5.69 Å². The van der Waals surface area contributed by atoms with E-state index in [2.05, 4.69) is 5.32 Å². The summed E-state index contributed by atoms with van der Waals surface area (Å²) in [6.45, 7) is 1.13. The van der Waals surface area contributed by atoms with Crippen LogP contribution in [0.2, 0.25) is 0 Å². The molecule has 0 bridgehead atoms. The highest BCUT2D eigenvalue weighted by Crippen LogP contribution is 2.37. The smallest absolute Gasteiger partial charge is 0.287 e. The predicted molar refractivity (Wildman–Crippen MR) is 74.2 cm³/mol. The van der Waals surface area contributed by atoms with Crippen LogP contribution in [0.4, 0.5) is 5.69 Å². The Kier molecular flexibility index (Phi) is 5.29. The second-order valence-corrected chi connectivity index (χ2v) is 4.92. The summed E-state index contributed by atoms with van der Waals surface area (Å²) < 4.78 is 6.77. The number of ether oxygens (including phenoxy) is 1. The second-order valence-electron chi connectivity index (χ2n) is 4.92. The zero-order valence-electron chi connectivity index (χ0n) is 11.7. The molecule has 8 heteroatoms. The largest absolute Gasteiger partial charge is 0.394 e. The molecule has 116 valence electrons. The number of aliphatic hydroxyl groups excluding tert-OH is 1. The van der Waals surface area contributed by atoms with Crippen molar-refractivity contribution in [1.82, 2.24) is 9.88 Å². The Bertz CT molecular complexity index is 510. The third kappa shape index (κ3) is 4.27. The van der Waals surface area contributed by atoms with Crippen molar-refractivity contribution >= 4 is 11.6 Å². The Balaban J connectivity index is 1.88. The Hall–Kier alpha value is -1.93. The fourth-order valence-corrected chi connectivity index (χ4v) is 2.03. The van der Waals surface area contributed by atoms with Crippen LogP contribution < -0.4 is 5.32 Å². The summed E-state index contributed by atoms with van der Waals surface area (Å²) >= 11 is 0. The SMILES string of the molecule is O=C(NCCCOCCO)c1cc([N+](=O)[O-])cn1C1CC1. The van der Waals surface area contributed by atoms with E-state index >= 15 is 0 Å². The third-order valence-corrected chi connectivity index (χ3v) is 3.20. The van der Waals surface area contributed by atoms with Gasteiger partial charge in [0, 0.05) is 25.3 Å². The molecule has 1 aromatic heterocycles. The van der Waals surface area contributed by atoms with Gasteiger partial charge in [0.25, 0.3) is 11.6 Å². The van der Waals surface area contributed by atoms with Crippen molar-refractivity contribution in [3.05, 3.63) is 28.1 Å². The minimum Gasteiger partial charge on any atom is -0.394 e. The average Bonchev–Trinajstić information content (AvgIpc) is 3.20. The number of rotatable bonds is 9. The Labute approximate surface area is 121 Å². The Morgan fingerprint density at radius 3 is 2.90 bits per heavy atom. The monoisotopic (exact) mass is 297 g/mol. The molecule has 2 rings (SSSR count). The molecule has 0 saturated heterocycles. The van der Waals surface area contributed by atoms with E-state index in [4.69, 9.17) is 9.84 Å². The highest BCUT2D eigenvalue weighted by molar-refractivity contribution is 5.93. The van der Waals surface area contributed by atoms with Gasteiger partial charge in [-0.05, 0) is 19.3 Å². The number of hydrogen-bond acceptors (Lipinski definition) is 5. The van der Waals surface area contributed by atoms with Crippen molar-refractivity contribution in [3.63, 3.8) is 0 Å². The summed E-state index contributed by atoms with van der Waals surface area (Å²) in [5.41, 5.74) is 0.277. The summed E-state index contributed by atoms with van der Waals surface area (Å²) in [5, 5.41) is 22.1. The standard InChI is InChI=1S/C13H19N3O5/c17-5-7-21-6-1-4-14-13(18)12-8-11(16(19)20)9-15(12)10-2-3-10/h8-10,17H,1-7H2,(H,14,18). The lowest BCUT2D eigenvalue weighted by Gasteiger charge is -2.08. The van der Waals surface area contributed by atoms with E-state index in [1.165, 1.54) is 12.3 Å². The van der Waals surface area contributed by atoms with Crippen LogP contribution in [0.5, 0.6) is 0 Å². The molecule has 0 aliphatic heterocycles. The molecule has 0 aromatic carbocycles. The highest BCUT2D eigenvalue weighted by atomic mass is 16.6. The van der Waals surface area contributed by atoms with Gasteiger partial charge in [-0.3, -0.25) is 14.9 Å². The fraction of sp³-hybridized carbons (Fsp3) is 0.615. The number of aromatic nitrogens is 1. The van der Waals surface area contributed by atoms with Crippen molar-refractivity contribution in [3.8, 4) is 0 Å². The number of nitrogens with zero attached hydrogens (tertiary/aromatic N) is 2. The van der Waals surface area contributed by atoms with E-state index < -0.39 is 4.92 Å². The molecule has 1 aliphatic rings. The number of nitro groups is 1. The van der Waals surface area contributed by atoms with Gasteiger partial charge in [0.05, 0.1) is 24.3 Å². The van der Waals surface area contributed by atoms with Crippen LogP contribution in [0.25, 0.3) is 0 Å². The number of nitrogens with one attached hydrogen (secondary N) is 1. The maximum Gasteiger partial charge on any atom is 0.287 e. The first-order chi connectivity index (χ1) is 10.1. The number of aliphatic hydroxyl groups is 1. The van der Waals surface area contributed by atoms with Crippen LogP contribution in [-0.2, 0) is 4.74 Å². The van der Waals surface area contributed by atoms with Gasteiger partial charge < -0.3 is 19.7 Å². The van der Waals surface area contributed by atoms with E-state index in [0.717, 1.165) is 12.8 Å². The molecule has 1 aromatic rings. The molecule has 1 heterocycles. The molecule has 1 fully saturated rings. The van der Waals surface area contributed by atoms with E-state index in [-0.39, 0.29) is 30.9 Å². The average molecular weight is 297 g/mol. The van der Waals surface area contributed by atoms with Crippen molar-refractivity contribution in [2.75, 3.05) is 26.4 Å². The Morgan fingerprint density at radius 2 is 2.29 bits per heavy atom. The third-order valence-electron chi connectivity index (χ3n) is 3.20. The topological polar surface area (TPSA) is 107 Å². The predicted octanol–water partition coefficient (Wildman–Crippen LogP) is 0.860. The second kappa shape index (κ2) is 7.19. The molecule has 0 atom stereocenters. The quantitative estimate of drug-likeness (QED) is 0.399. The van der Waals surface area contributed by atoms with Gasteiger partial charge >= 0.3 is 0 Å². The van der Waals surface area contributed by atoms with Crippen LogP contribution >= 0.6 is 0 Å². The lowest BCUT2D eigenvalue weighted by Crippen LogP contribution is -2.27. The van der Waals surface area contributed by atoms with Crippen LogP contribution in [0.3, 0.4) is 0 Å². The summed E-state index contributed by atoms with van der Waals surface area (Å²) in [7, 11) is 0. The summed E-state index contributed by atoms with van der Waals surface area (Å²) in [6, 6.07) is 1.52. The zero-order chi connectivity index (χ0) is 15.2. The molecule has 21 heavy (non-hydrogen) atoms. The number of hydrogen-bond donors (Lipinski definition) is 2. The molecule has 1 saturated carbocycles. The van der Waals surface area contributed by atoms with Crippen LogP contribution in [-0.4, -0.2) is 46.9 Å². The van der Waals surface area contributed by atoms with E-state index in [0.29, 0.717) is 25.3 Å². The van der Waals surface area contributed by atoms with Gasteiger partial charge in [-0.2, -0.15) is 0 Å². The van der Waals surface area contributed by atoms with Gasteiger partial charge in [-0.25, -0.2) is 0 Å². The zero-order valence-corrected chi connectivity index (χ0v) is 11.7. The molecule has 0 spiro atoms. The summed E-state index contributed by atoms with van der Waals surface area (Å²) in [5.74, 6) is -0.308. The first-order valence-electron chi connectivity index (χ1n) is 6.96. The van der Waals surface area contributed by atoms with Gasteiger partial charge in [0.2, 0.25) is 0 Å². The first kappa shape index (κ1) is 15.5. The molecule has 1 amide bonds. The molecular formula is C13H19N3O5. The van der Waals surface area contributed by atoms with Crippen LogP contribution in [0.1, 0.15) is 35.8 Å². The van der Waals surface area contributed by atoms with Crippen LogP contribution in [0, 0.1) is 10.1 Å². The molecule has 2 N–H and O–H groups in total. The summed E-state index contributed by atoms with van der Waals surface area (Å²) in [6.07, 6.45) is 3.94. The van der Waals surface area contributed by atoms with Gasteiger partial charge in [0.15, 0.2) is 0 Å². The molecule has 8 nitrogen and oxygen atoms in total. The van der Waals surface area contributed by atoms with Crippen molar-refractivity contribution in [1.29, 1.82) is 0 Å². The molecule has 0 unspecified atom stereocenters. The fourth-order valence-electron chi connectivity index (χ4n) is 2.03. The van der Waals surface area contributed by atoms with Gasteiger partial charge in [-0.15, -0.1) is 0 Å². The molecular weight excluding hydrogens is 278 g/mol. The maximum atomic E-state index is 12.1. The lowest BCUT2D eigenvalue weighted by molar-refractivity contribution is -0.384. The van der Waals surface area contributed by atoms with Gasteiger partial charge in [-0.1, -0.05) is 0 Å². The van der Waals surface area contributed by atoms with Crippen molar-refractivity contribution in [2.24, 2.45) is 0 Å².